The molecule has 1 aromatic carbocycles. The highest BCUT2D eigenvalue weighted by Gasteiger charge is 2.22. The summed E-state index contributed by atoms with van der Waals surface area (Å²) in [5.41, 5.74) is 3.23. The zero-order valence-corrected chi connectivity index (χ0v) is 14.7. The number of amides is 1. The number of pyridine rings is 1. The predicted molar refractivity (Wildman–Crippen MR) is 98.9 cm³/mol. The molecular weight excluding hydrogens is 335 g/mol. The Kier molecular flexibility index (Phi) is 5.55. The average molecular weight is 358 g/mol. The molecule has 1 fully saturated rings. The number of halogens is 1. The molecule has 26 heavy (non-hydrogen) atoms. The summed E-state index contributed by atoms with van der Waals surface area (Å²) in [6, 6.07) is 7.10. The van der Waals surface area contributed by atoms with Crippen LogP contribution in [0.25, 0.3) is 0 Å². The number of rotatable bonds is 5. The second-order valence-corrected chi connectivity index (χ2v) is 6.51. The second-order valence-electron chi connectivity index (χ2n) is 6.51. The number of anilines is 2. The number of likely N-dealkylation sites (tertiary alicyclic amines) is 1. The Hall–Kier alpha value is -2.83. The maximum absolute atomic E-state index is 14.0. The van der Waals surface area contributed by atoms with Gasteiger partial charge in [-0.1, -0.05) is 12.1 Å². The highest BCUT2D eigenvalue weighted by atomic mass is 19.1. The third-order valence-corrected chi connectivity index (χ3v) is 4.71. The molecule has 0 unspecified atom stereocenters. The number of benzene rings is 1. The first-order valence-corrected chi connectivity index (χ1v) is 8.71. The predicted octanol–water partition coefficient (Wildman–Crippen LogP) is 3.70. The summed E-state index contributed by atoms with van der Waals surface area (Å²) in [5, 5.41) is 15.7. The molecule has 7 heteroatoms. The van der Waals surface area contributed by atoms with E-state index in [1.807, 2.05) is 19.1 Å². The average Bonchev–Trinajstić information content (AvgIpc) is 2.63. The van der Waals surface area contributed by atoms with Gasteiger partial charge in [-0.15, -0.1) is 0 Å². The number of nitrogens with one attached hydrogen (secondary N) is 2. The molecule has 1 saturated heterocycles. The molecule has 6 nitrogen and oxygen atoms in total. The van der Waals surface area contributed by atoms with E-state index in [0.29, 0.717) is 25.3 Å². The lowest BCUT2D eigenvalue weighted by molar-refractivity contribution is 0.134. The van der Waals surface area contributed by atoms with E-state index in [9.17, 15) is 9.18 Å². The number of carboxylic acid groups (broad SMARTS) is 1. The molecule has 2 heterocycles. The monoisotopic (exact) mass is 358 g/mol. The van der Waals surface area contributed by atoms with Gasteiger partial charge in [0, 0.05) is 49.3 Å². The lowest BCUT2D eigenvalue weighted by Gasteiger charge is -2.31. The summed E-state index contributed by atoms with van der Waals surface area (Å²) in [7, 11) is 0. The van der Waals surface area contributed by atoms with E-state index in [2.05, 4.69) is 15.6 Å². The molecule has 3 rings (SSSR count). The molecule has 1 aliphatic rings. The van der Waals surface area contributed by atoms with Crippen molar-refractivity contribution in [2.75, 3.05) is 23.7 Å². The Labute approximate surface area is 152 Å². The van der Waals surface area contributed by atoms with Crippen LogP contribution >= 0.6 is 0 Å². The van der Waals surface area contributed by atoms with Gasteiger partial charge < -0.3 is 20.6 Å². The molecule has 0 radical (unpaired) electrons. The van der Waals surface area contributed by atoms with Crippen LogP contribution in [-0.2, 0) is 6.54 Å². The van der Waals surface area contributed by atoms with Crippen LogP contribution in [0.1, 0.15) is 24.0 Å². The van der Waals surface area contributed by atoms with Crippen LogP contribution in [0, 0.1) is 12.7 Å². The molecule has 0 saturated carbocycles. The van der Waals surface area contributed by atoms with E-state index in [-0.39, 0.29) is 11.9 Å². The molecule has 0 bridgehead atoms. The summed E-state index contributed by atoms with van der Waals surface area (Å²) in [6.45, 7) is 3.37. The van der Waals surface area contributed by atoms with Crippen LogP contribution in [0.3, 0.4) is 0 Å². The van der Waals surface area contributed by atoms with Crippen molar-refractivity contribution in [2.24, 2.45) is 0 Å². The topological polar surface area (TPSA) is 77.5 Å². The summed E-state index contributed by atoms with van der Waals surface area (Å²) in [6.07, 6.45) is 4.13. The van der Waals surface area contributed by atoms with Gasteiger partial charge in [-0.05, 0) is 37.5 Å². The van der Waals surface area contributed by atoms with Gasteiger partial charge in [-0.25, -0.2) is 9.18 Å². The fourth-order valence-electron chi connectivity index (χ4n) is 3.18. The maximum Gasteiger partial charge on any atom is 0.407 e. The number of carbonyl (C=O) groups is 1. The molecule has 0 aliphatic carbocycles. The van der Waals surface area contributed by atoms with Crippen LogP contribution in [0.4, 0.5) is 20.6 Å². The van der Waals surface area contributed by atoms with Crippen molar-refractivity contribution in [1.29, 1.82) is 0 Å². The van der Waals surface area contributed by atoms with E-state index in [0.717, 1.165) is 29.7 Å². The fraction of sp³-hybridized carbons (Fsp3) is 0.368. The van der Waals surface area contributed by atoms with Crippen molar-refractivity contribution in [2.45, 2.75) is 32.4 Å². The van der Waals surface area contributed by atoms with Crippen LogP contribution in [-0.4, -0.2) is 40.2 Å². The number of aromatic nitrogens is 1. The molecule has 1 aliphatic heterocycles. The number of para-hydroxylation sites is 1. The highest BCUT2D eigenvalue weighted by molar-refractivity contribution is 5.65. The lowest BCUT2D eigenvalue weighted by atomic mass is 10.0. The van der Waals surface area contributed by atoms with E-state index < -0.39 is 6.09 Å². The minimum atomic E-state index is -0.863. The van der Waals surface area contributed by atoms with Crippen molar-refractivity contribution >= 4 is 17.5 Å². The zero-order chi connectivity index (χ0) is 18.5. The number of hydrogen-bond donors (Lipinski definition) is 3. The van der Waals surface area contributed by atoms with Gasteiger partial charge in [0.15, 0.2) is 0 Å². The Bertz CT molecular complexity index is 756. The molecule has 2 aromatic rings. The zero-order valence-electron chi connectivity index (χ0n) is 14.7. The van der Waals surface area contributed by atoms with Gasteiger partial charge >= 0.3 is 6.09 Å². The van der Waals surface area contributed by atoms with Crippen molar-refractivity contribution in [3.05, 3.63) is 53.6 Å². The van der Waals surface area contributed by atoms with Crippen molar-refractivity contribution in [3.8, 4) is 0 Å². The number of aryl methyl sites for hydroxylation is 1. The number of hydrogen-bond acceptors (Lipinski definition) is 4. The highest BCUT2D eigenvalue weighted by Crippen LogP contribution is 2.23. The summed E-state index contributed by atoms with van der Waals surface area (Å²) in [5.74, 6) is -0.274. The van der Waals surface area contributed by atoms with Gasteiger partial charge in [-0.3, -0.25) is 4.98 Å². The van der Waals surface area contributed by atoms with Crippen LogP contribution in [0.15, 0.2) is 36.7 Å². The molecule has 3 N–H and O–H groups in total. The summed E-state index contributed by atoms with van der Waals surface area (Å²) < 4.78 is 14.0. The molecular formula is C19H23FN4O2. The second kappa shape index (κ2) is 8.03. The molecule has 138 valence electrons. The SMILES string of the molecule is Cc1cccc(F)c1NCc1cnccc1NC1CCN(C(=O)O)CC1. The molecule has 0 spiro atoms. The Morgan fingerprint density at radius 1 is 1.35 bits per heavy atom. The van der Waals surface area contributed by atoms with Crippen LogP contribution in [0.2, 0.25) is 0 Å². The van der Waals surface area contributed by atoms with Crippen molar-refractivity contribution < 1.29 is 14.3 Å². The van der Waals surface area contributed by atoms with Gasteiger partial charge in [0.25, 0.3) is 0 Å². The van der Waals surface area contributed by atoms with Crippen molar-refractivity contribution in [1.82, 2.24) is 9.88 Å². The lowest BCUT2D eigenvalue weighted by Crippen LogP contribution is -2.41. The van der Waals surface area contributed by atoms with Crippen LogP contribution in [0.5, 0.6) is 0 Å². The summed E-state index contributed by atoms with van der Waals surface area (Å²) >= 11 is 0. The van der Waals surface area contributed by atoms with E-state index in [1.54, 1.807) is 18.5 Å². The van der Waals surface area contributed by atoms with Crippen LogP contribution < -0.4 is 10.6 Å². The standard InChI is InChI=1S/C19H23FN4O2/c1-13-3-2-4-16(20)18(13)22-12-14-11-21-8-5-17(14)23-15-6-9-24(10-7-15)19(25)26/h2-5,8,11,15,22H,6-7,9-10,12H2,1H3,(H,21,23)(H,25,26). The molecule has 1 aromatic heterocycles. The van der Waals surface area contributed by atoms with Crippen molar-refractivity contribution in [3.63, 3.8) is 0 Å². The Balaban J connectivity index is 1.64. The fourth-order valence-corrected chi connectivity index (χ4v) is 3.18. The first kappa shape index (κ1) is 18.0. The van der Waals surface area contributed by atoms with E-state index in [1.165, 1.54) is 11.0 Å². The molecule has 1 amide bonds. The quantitative estimate of drug-likeness (QED) is 0.760. The van der Waals surface area contributed by atoms with Gasteiger partial charge in [-0.2, -0.15) is 0 Å². The summed E-state index contributed by atoms with van der Waals surface area (Å²) in [4.78, 5) is 16.6. The largest absolute Gasteiger partial charge is 0.465 e. The smallest absolute Gasteiger partial charge is 0.407 e. The molecule has 0 atom stereocenters. The third kappa shape index (κ3) is 4.22. The van der Waals surface area contributed by atoms with Gasteiger partial charge in [0.05, 0.1) is 5.69 Å². The minimum absolute atomic E-state index is 0.210. The Morgan fingerprint density at radius 3 is 2.81 bits per heavy atom. The van der Waals surface area contributed by atoms with Gasteiger partial charge in [0.1, 0.15) is 5.82 Å². The third-order valence-electron chi connectivity index (χ3n) is 4.71. The van der Waals surface area contributed by atoms with E-state index >= 15 is 0 Å². The first-order chi connectivity index (χ1) is 12.5. The number of piperidine rings is 1. The Morgan fingerprint density at radius 2 is 2.12 bits per heavy atom. The number of nitrogens with zero attached hydrogens (tertiary/aromatic N) is 2. The maximum atomic E-state index is 14.0. The van der Waals surface area contributed by atoms with E-state index in [4.69, 9.17) is 5.11 Å². The first-order valence-electron chi connectivity index (χ1n) is 8.71. The van der Waals surface area contributed by atoms with Gasteiger partial charge in [0.2, 0.25) is 0 Å². The normalized spacial score (nSPS) is 14.9. The minimum Gasteiger partial charge on any atom is -0.465 e.